The van der Waals surface area contributed by atoms with Gasteiger partial charge >= 0.3 is 0 Å². The molecule has 3 rings (SSSR count). The molecule has 0 bridgehead atoms. The lowest BCUT2D eigenvalue weighted by Crippen LogP contribution is -2.38. The van der Waals surface area contributed by atoms with Crippen LogP contribution in [0, 0.1) is 6.92 Å². The molecule has 4 heteroatoms. The number of hydrogen-bond acceptors (Lipinski definition) is 3. The molecule has 4 nitrogen and oxygen atoms in total. The number of anilines is 1. The summed E-state index contributed by atoms with van der Waals surface area (Å²) in [5, 5.41) is 0. The SMILES string of the molecule is Cc1ccc(N(Cc2cccnc2)C(=O)C2CCCO2)cc1. The first-order valence-corrected chi connectivity index (χ1v) is 7.62. The highest BCUT2D eigenvalue weighted by Crippen LogP contribution is 2.23. The molecule has 1 fully saturated rings. The highest BCUT2D eigenvalue weighted by molar-refractivity contribution is 5.96. The van der Waals surface area contributed by atoms with E-state index in [0.29, 0.717) is 13.2 Å². The lowest BCUT2D eigenvalue weighted by molar-refractivity contribution is -0.127. The van der Waals surface area contributed by atoms with Crippen molar-refractivity contribution in [2.75, 3.05) is 11.5 Å². The number of hydrogen-bond donors (Lipinski definition) is 0. The van der Waals surface area contributed by atoms with Crippen LogP contribution >= 0.6 is 0 Å². The van der Waals surface area contributed by atoms with Gasteiger partial charge in [0.2, 0.25) is 0 Å². The number of carbonyl (C=O) groups excluding carboxylic acids is 1. The molecule has 1 atom stereocenters. The van der Waals surface area contributed by atoms with Gasteiger partial charge in [-0.1, -0.05) is 23.8 Å². The highest BCUT2D eigenvalue weighted by atomic mass is 16.5. The van der Waals surface area contributed by atoms with Gasteiger partial charge in [-0.3, -0.25) is 9.78 Å². The molecule has 0 spiro atoms. The van der Waals surface area contributed by atoms with Crippen LogP contribution < -0.4 is 4.90 Å². The van der Waals surface area contributed by atoms with Crippen molar-refractivity contribution in [3.05, 3.63) is 59.9 Å². The van der Waals surface area contributed by atoms with Gasteiger partial charge in [0.05, 0.1) is 6.54 Å². The third-order valence-electron chi connectivity index (χ3n) is 3.88. The van der Waals surface area contributed by atoms with Gasteiger partial charge in [-0.25, -0.2) is 0 Å². The molecular weight excluding hydrogens is 276 g/mol. The quantitative estimate of drug-likeness (QED) is 0.870. The van der Waals surface area contributed by atoms with Gasteiger partial charge in [0, 0.05) is 24.7 Å². The van der Waals surface area contributed by atoms with Crippen LogP contribution in [0.2, 0.25) is 0 Å². The Labute approximate surface area is 130 Å². The van der Waals surface area contributed by atoms with Crippen LogP contribution in [-0.2, 0) is 16.1 Å². The molecule has 114 valence electrons. The van der Waals surface area contributed by atoms with Gasteiger partial charge in [-0.05, 0) is 43.5 Å². The van der Waals surface area contributed by atoms with E-state index in [1.165, 1.54) is 5.56 Å². The van der Waals surface area contributed by atoms with Gasteiger partial charge in [0.25, 0.3) is 5.91 Å². The van der Waals surface area contributed by atoms with E-state index in [1.807, 2.05) is 43.3 Å². The fraction of sp³-hybridized carbons (Fsp3) is 0.333. The van der Waals surface area contributed by atoms with Crippen LogP contribution in [0.15, 0.2) is 48.8 Å². The third kappa shape index (κ3) is 3.34. The molecule has 1 unspecified atom stereocenters. The fourth-order valence-corrected chi connectivity index (χ4v) is 2.64. The number of carbonyl (C=O) groups is 1. The monoisotopic (exact) mass is 296 g/mol. The van der Waals surface area contributed by atoms with E-state index in [4.69, 9.17) is 4.74 Å². The Balaban J connectivity index is 1.87. The van der Waals surface area contributed by atoms with Crippen molar-refractivity contribution in [3.8, 4) is 0 Å². The van der Waals surface area contributed by atoms with Crippen LogP contribution in [0.1, 0.15) is 24.0 Å². The molecule has 1 aromatic carbocycles. The van der Waals surface area contributed by atoms with Gasteiger partial charge in [-0.15, -0.1) is 0 Å². The van der Waals surface area contributed by atoms with Crippen molar-refractivity contribution < 1.29 is 9.53 Å². The molecule has 2 aromatic rings. The lowest BCUT2D eigenvalue weighted by Gasteiger charge is -2.25. The summed E-state index contributed by atoms with van der Waals surface area (Å²) < 4.78 is 5.57. The molecule has 1 aromatic heterocycles. The van der Waals surface area contributed by atoms with Crippen molar-refractivity contribution in [2.45, 2.75) is 32.4 Å². The number of aromatic nitrogens is 1. The van der Waals surface area contributed by atoms with Gasteiger partial charge in [-0.2, -0.15) is 0 Å². The van der Waals surface area contributed by atoms with Crippen molar-refractivity contribution in [2.24, 2.45) is 0 Å². The summed E-state index contributed by atoms with van der Waals surface area (Å²) in [4.78, 5) is 18.7. The van der Waals surface area contributed by atoms with Crippen LogP contribution in [0.5, 0.6) is 0 Å². The minimum atomic E-state index is -0.321. The van der Waals surface area contributed by atoms with Gasteiger partial charge in [0.15, 0.2) is 0 Å². The first-order chi connectivity index (χ1) is 10.7. The standard InChI is InChI=1S/C18H20N2O2/c1-14-6-8-16(9-7-14)20(13-15-4-2-10-19-12-15)18(21)17-5-3-11-22-17/h2,4,6-10,12,17H,3,5,11,13H2,1H3. The second-order valence-corrected chi connectivity index (χ2v) is 5.62. The van der Waals surface area contributed by atoms with Crippen molar-refractivity contribution in [1.82, 2.24) is 4.98 Å². The summed E-state index contributed by atoms with van der Waals surface area (Å²) in [7, 11) is 0. The predicted molar refractivity (Wildman–Crippen MR) is 85.6 cm³/mol. The molecule has 1 amide bonds. The second-order valence-electron chi connectivity index (χ2n) is 5.62. The molecule has 0 radical (unpaired) electrons. The summed E-state index contributed by atoms with van der Waals surface area (Å²) in [6, 6.07) is 11.9. The van der Waals surface area contributed by atoms with E-state index in [9.17, 15) is 4.79 Å². The van der Waals surface area contributed by atoms with E-state index in [2.05, 4.69) is 4.98 Å². The van der Waals surface area contributed by atoms with Crippen molar-refractivity contribution >= 4 is 11.6 Å². The molecular formula is C18H20N2O2. The summed E-state index contributed by atoms with van der Waals surface area (Å²) in [6.07, 6.45) is 4.96. The Bertz CT molecular complexity index is 619. The number of rotatable bonds is 4. The smallest absolute Gasteiger partial charge is 0.256 e. The summed E-state index contributed by atoms with van der Waals surface area (Å²) >= 11 is 0. The molecule has 0 saturated carbocycles. The Morgan fingerprint density at radius 2 is 2.14 bits per heavy atom. The zero-order valence-electron chi connectivity index (χ0n) is 12.7. The van der Waals surface area contributed by atoms with E-state index >= 15 is 0 Å². The number of nitrogens with zero attached hydrogens (tertiary/aromatic N) is 2. The number of ether oxygens (including phenoxy) is 1. The summed E-state index contributed by atoms with van der Waals surface area (Å²) in [5.41, 5.74) is 3.08. The number of benzene rings is 1. The maximum atomic E-state index is 12.8. The van der Waals surface area contributed by atoms with Crippen molar-refractivity contribution in [3.63, 3.8) is 0 Å². The molecule has 1 aliphatic heterocycles. The second kappa shape index (κ2) is 6.71. The van der Waals surface area contributed by atoms with E-state index in [0.717, 1.165) is 24.1 Å². The molecule has 2 heterocycles. The molecule has 1 saturated heterocycles. The van der Waals surface area contributed by atoms with Gasteiger partial charge in [0.1, 0.15) is 6.10 Å². The number of amides is 1. The average molecular weight is 296 g/mol. The average Bonchev–Trinajstić information content (AvgIpc) is 3.08. The topological polar surface area (TPSA) is 42.4 Å². The summed E-state index contributed by atoms with van der Waals surface area (Å²) in [6.45, 7) is 3.22. The lowest BCUT2D eigenvalue weighted by atomic mass is 10.1. The van der Waals surface area contributed by atoms with Crippen LogP contribution in [0.3, 0.4) is 0 Å². The maximum Gasteiger partial charge on any atom is 0.256 e. The third-order valence-corrected chi connectivity index (χ3v) is 3.88. The zero-order valence-corrected chi connectivity index (χ0v) is 12.7. The minimum Gasteiger partial charge on any atom is -0.368 e. The van der Waals surface area contributed by atoms with Crippen LogP contribution in [0.25, 0.3) is 0 Å². The molecule has 1 aliphatic rings. The summed E-state index contributed by atoms with van der Waals surface area (Å²) in [5.74, 6) is 0.0326. The van der Waals surface area contributed by atoms with E-state index in [-0.39, 0.29) is 12.0 Å². The Kier molecular flexibility index (Phi) is 4.49. The largest absolute Gasteiger partial charge is 0.368 e. The van der Waals surface area contributed by atoms with Crippen LogP contribution in [0.4, 0.5) is 5.69 Å². The van der Waals surface area contributed by atoms with Crippen molar-refractivity contribution in [1.29, 1.82) is 0 Å². The van der Waals surface area contributed by atoms with E-state index < -0.39 is 0 Å². The molecule has 22 heavy (non-hydrogen) atoms. The Morgan fingerprint density at radius 1 is 1.32 bits per heavy atom. The predicted octanol–water partition coefficient (Wildman–Crippen LogP) is 3.10. The molecule has 0 aliphatic carbocycles. The minimum absolute atomic E-state index is 0.0326. The first-order valence-electron chi connectivity index (χ1n) is 7.62. The number of pyridine rings is 1. The van der Waals surface area contributed by atoms with Gasteiger partial charge < -0.3 is 9.64 Å². The molecule has 0 N–H and O–H groups in total. The normalized spacial score (nSPS) is 17.4. The maximum absolute atomic E-state index is 12.8. The zero-order chi connectivity index (χ0) is 15.4. The van der Waals surface area contributed by atoms with Crippen LogP contribution in [-0.4, -0.2) is 23.6 Å². The Hall–Kier alpha value is -2.20. The highest BCUT2D eigenvalue weighted by Gasteiger charge is 2.29. The fourth-order valence-electron chi connectivity index (χ4n) is 2.64. The first kappa shape index (κ1) is 14.7. The Morgan fingerprint density at radius 3 is 2.77 bits per heavy atom. The van der Waals surface area contributed by atoms with E-state index in [1.54, 1.807) is 17.3 Å². The number of aryl methyl sites for hydroxylation is 1.